The average molecular weight is 280 g/mol. The SMILES string of the molecule is O=C(CNCCSc1ccccc1)N1CCOCC1. The number of hydrogen-bond acceptors (Lipinski definition) is 4. The minimum absolute atomic E-state index is 0.174. The quantitative estimate of drug-likeness (QED) is 0.628. The normalized spacial score (nSPS) is 15.5. The van der Waals surface area contributed by atoms with Gasteiger partial charge in [0.2, 0.25) is 5.91 Å². The van der Waals surface area contributed by atoms with Crippen LogP contribution in [0, 0.1) is 0 Å². The number of carbonyl (C=O) groups excluding carboxylic acids is 1. The van der Waals surface area contributed by atoms with Crippen molar-refractivity contribution >= 4 is 17.7 Å². The van der Waals surface area contributed by atoms with Gasteiger partial charge in [-0.3, -0.25) is 4.79 Å². The Bertz CT molecular complexity index is 380. The molecule has 104 valence electrons. The largest absolute Gasteiger partial charge is 0.378 e. The Hall–Kier alpha value is -1.04. The highest BCUT2D eigenvalue weighted by Crippen LogP contribution is 2.15. The standard InChI is InChI=1S/C14H20N2O2S/c17-14(16-7-9-18-10-8-16)12-15-6-11-19-13-4-2-1-3-5-13/h1-5,15H,6-12H2. The summed E-state index contributed by atoms with van der Waals surface area (Å²) >= 11 is 1.80. The molecule has 0 aliphatic carbocycles. The molecule has 1 aromatic rings. The number of nitrogens with one attached hydrogen (secondary N) is 1. The van der Waals surface area contributed by atoms with Crippen LogP contribution < -0.4 is 5.32 Å². The zero-order valence-corrected chi connectivity index (χ0v) is 11.8. The van der Waals surface area contributed by atoms with Crippen LogP contribution in [0.4, 0.5) is 0 Å². The van der Waals surface area contributed by atoms with Crippen LogP contribution in [-0.2, 0) is 9.53 Å². The molecule has 1 amide bonds. The van der Waals surface area contributed by atoms with E-state index in [0.717, 1.165) is 25.4 Å². The molecule has 19 heavy (non-hydrogen) atoms. The number of nitrogens with zero attached hydrogens (tertiary/aromatic N) is 1. The summed E-state index contributed by atoms with van der Waals surface area (Å²) < 4.78 is 5.22. The Balaban J connectivity index is 1.55. The molecule has 0 atom stereocenters. The molecule has 0 bridgehead atoms. The molecular weight excluding hydrogens is 260 g/mol. The van der Waals surface area contributed by atoms with Gasteiger partial charge in [-0.25, -0.2) is 0 Å². The molecule has 1 heterocycles. The van der Waals surface area contributed by atoms with Crippen LogP contribution in [0.25, 0.3) is 0 Å². The second-order valence-corrected chi connectivity index (χ2v) is 5.50. The fourth-order valence-electron chi connectivity index (χ4n) is 1.88. The Labute approximate surface area is 118 Å². The van der Waals surface area contributed by atoms with Crippen molar-refractivity contribution in [3.63, 3.8) is 0 Å². The van der Waals surface area contributed by atoms with Gasteiger partial charge in [0.15, 0.2) is 0 Å². The van der Waals surface area contributed by atoms with Crippen molar-refractivity contribution in [2.45, 2.75) is 4.90 Å². The average Bonchev–Trinajstić information content (AvgIpc) is 2.49. The van der Waals surface area contributed by atoms with Crippen LogP contribution in [0.5, 0.6) is 0 Å². The van der Waals surface area contributed by atoms with Gasteiger partial charge in [0.05, 0.1) is 19.8 Å². The van der Waals surface area contributed by atoms with E-state index in [4.69, 9.17) is 4.74 Å². The number of ether oxygens (including phenoxy) is 1. The molecule has 2 rings (SSSR count). The van der Waals surface area contributed by atoms with Crippen molar-refractivity contribution in [2.75, 3.05) is 45.1 Å². The maximum absolute atomic E-state index is 11.8. The van der Waals surface area contributed by atoms with E-state index in [0.29, 0.717) is 19.8 Å². The Morgan fingerprint density at radius 3 is 2.74 bits per heavy atom. The van der Waals surface area contributed by atoms with Gasteiger partial charge < -0.3 is 15.0 Å². The van der Waals surface area contributed by atoms with Gasteiger partial charge in [-0.15, -0.1) is 11.8 Å². The Morgan fingerprint density at radius 1 is 1.26 bits per heavy atom. The van der Waals surface area contributed by atoms with E-state index in [9.17, 15) is 4.79 Å². The van der Waals surface area contributed by atoms with E-state index in [1.807, 2.05) is 23.1 Å². The van der Waals surface area contributed by atoms with Crippen molar-refractivity contribution in [1.82, 2.24) is 10.2 Å². The minimum atomic E-state index is 0.174. The first-order chi connectivity index (χ1) is 9.36. The predicted molar refractivity (Wildman–Crippen MR) is 77.4 cm³/mol. The summed E-state index contributed by atoms with van der Waals surface area (Å²) in [5, 5.41) is 3.20. The topological polar surface area (TPSA) is 41.6 Å². The maximum Gasteiger partial charge on any atom is 0.236 e. The lowest BCUT2D eigenvalue weighted by Crippen LogP contribution is -2.44. The second kappa shape index (κ2) is 8.19. The molecule has 1 fully saturated rings. The van der Waals surface area contributed by atoms with E-state index in [1.54, 1.807) is 11.8 Å². The van der Waals surface area contributed by atoms with Gasteiger partial charge in [0, 0.05) is 30.3 Å². The van der Waals surface area contributed by atoms with Gasteiger partial charge in [-0.1, -0.05) is 18.2 Å². The molecule has 0 radical (unpaired) electrons. The fourth-order valence-corrected chi connectivity index (χ4v) is 2.71. The lowest BCUT2D eigenvalue weighted by molar-refractivity contribution is -0.134. The van der Waals surface area contributed by atoms with Gasteiger partial charge in [-0.2, -0.15) is 0 Å². The fraction of sp³-hybridized carbons (Fsp3) is 0.500. The second-order valence-electron chi connectivity index (χ2n) is 4.33. The number of benzene rings is 1. The summed E-state index contributed by atoms with van der Waals surface area (Å²) in [7, 11) is 0. The molecule has 0 spiro atoms. The first kappa shape index (κ1) is 14.4. The summed E-state index contributed by atoms with van der Waals surface area (Å²) in [6.45, 7) is 4.04. The van der Waals surface area contributed by atoms with Crippen molar-refractivity contribution in [1.29, 1.82) is 0 Å². The highest BCUT2D eigenvalue weighted by molar-refractivity contribution is 7.99. The number of amides is 1. The van der Waals surface area contributed by atoms with Crippen molar-refractivity contribution in [3.05, 3.63) is 30.3 Å². The number of thioether (sulfide) groups is 1. The number of rotatable bonds is 6. The zero-order chi connectivity index (χ0) is 13.3. The van der Waals surface area contributed by atoms with E-state index < -0.39 is 0 Å². The summed E-state index contributed by atoms with van der Waals surface area (Å²) in [6.07, 6.45) is 0. The molecule has 1 aliphatic rings. The zero-order valence-electron chi connectivity index (χ0n) is 11.0. The molecule has 4 nitrogen and oxygen atoms in total. The molecule has 1 aliphatic heterocycles. The molecule has 1 saturated heterocycles. The first-order valence-corrected chi connectivity index (χ1v) is 7.59. The van der Waals surface area contributed by atoms with E-state index in [2.05, 4.69) is 17.4 Å². The maximum atomic E-state index is 11.8. The van der Waals surface area contributed by atoms with Crippen LogP contribution >= 0.6 is 11.8 Å². The van der Waals surface area contributed by atoms with Crippen LogP contribution in [0.3, 0.4) is 0 Å². The molecule has 0 unspecified atom stereocenters. The van der Waals surface area contributed by atoms with Gasteiger partial charge in [0.25, 0.3) is 0 Å². The van der Waals surface area contributed by atoms with Crippen molar-refractivity contribution < 1.29 is 9.53 Å². The number of carbonyl (C=O) groups is 1. The molecular formula is C14H20N2O2S. The predicted octanol–water partition coefficient (Wildman–Crippen LogP) is 1.23. The van der Waals surface area contributed by atoms with Gasteiger partial charge in [-0.05, 0) is 12.1 Å². The molecule has 5 heteroatoms. The lowest BCUT2D eigenvalue weighted by atomic mass is 10.4. The third-order valence-corrected chi connectivity index (χ3v) is 3.94. The highest BCUT2D eigenvalue weighted by Gasteiger charge is 2.15. The minimum Gasteiger partial charge on any atom is -0.378 e. The third kappa shape index (κ3) is 5.22. The summed E-state index contributed by atoms with van der Waals surface area (Å²) in [6, 6.07) is 10.3. The summed E-state index contributed by atoms with van der Waals surface area (Å²) in [5.41, 5.74) is 0. The van der Waals surface area contributed by atoms with Gasteiger partial charge >= 0.3 is 0 Å². The smallest absolute Gasteiger partial charge is 0.236 e. The summed E-state index contributed by atoms with van der Waals surface area (Å²) in [5.74, 6) is 1.15. The van der Waals surface area contributed by atoms with Gasteiger partial charge in [0.1, 0.15) is 0 Å². The van der Waals surface area contributed by atoms with E-state index in [-0.39, 0.29) is 5.91 Å². The van der Waals surface area contributed by atoms with Crippen LogP contribution in [0.1, 0.15) is 0 Å². The van der Waals surface area contributed by atoms with Crippen LogP contribution in [0.15, 0.2) is 35.2 Å². The highest BCUT2D eigenvalue weighted by atomic mass is 32.2. The van der Waals surface area contributed by atoms with Crippen molar-refractivity contribution in [2.24, 2.45) is 0 Å². The Kier molecular flexibility index (Phi) is 6.20. The van der Waals surface area contributed by atoms with E-state index >= 15 is 0 Å². The molecule has 1 N–H and O–H groups in total. The van der Waals surface area contributed by atoms with Crippen LogP contribution in [-0.4, -0.2) is 56.0 Å². The number of morpholine rings is 1. The summed E-state index contributed by atoms with van der Waals surface area (Å²) in [4.78, 5) is 15.0. The lowest BCUT2D eigenvalue weighted by Gasteiger charge is -2.26. The molecule has 1 aromatic carbocycles. The van der Waals surface area contributed by atoms with E-state index in [1.165, 1.54) is 4.90 Å². The van der Waals surface area contributed by atoms with Crippen LogP contribution in [0.2, 0.25) is 0 Å². The number of hydrogen-bond donors (Lipinski definition) is 1. The Morgan fingerprint density at radius 2 is 2.00 bits per heavy atom. The third-order valence-electron chi connectivity index (χ3n) is 2.93. The monoisotopic (exact) mass is 280 g/mol. The van der Waals surface area contributed by atoms with Crippen molar-refractivity contribution in [3.8, 4) is 0 Å². The first-order valence-electron chi connectivity index (χ1n) is 6.60. The molecule has 0 saturated carbocycles. The molecule has 0 aromatic heterocycles.